The zero-order valence-corrected chi connectivity index (χ0v) is 18.4. The van der Waals surface area contributed by atoms with Crippen LogP contribution in [0.5, 0.6) is 0 Å². The van der Waals surface area contributed by atoms with Crippen LogP contribution in [0.1, 0.15) is 52.9 Å². The number of carbonyl (C=O) groups is 1. The van der Waals surface area contributed by atoms with Crippen molar-refractivity contribution < 1.29 is 39.4 Å². The van der Waals surface area contributed by atoms with Crippen LogP contribution in [0.4, 0.5) is 0 Å². The van der Waals surface area contributed by atoms with Crippen molar-refractivity contribution in [2.24, 2.45) is 5.92 Å². The standard InChI is InChI=1S/C21H39NO8/c1-13(2)29-16-9-15(11-23)22(10-16)18(25)7-5-4-6-8-28-21-14(3)19(26)20(27)17(12-24)30-21/h13-17,19-21,23-24,26-27H,4-12H2,1-3H3/t14?,15-,16+,17?,19+,20?,21+/m0/s1. The van der Waals surface area contributed by atoms with Crippen molar-refractivity contribution in [3.63, 3.8) is 0 Å². The summed E-state index contributed by atoms with van der Waals surface area (Å²) in [4.78, 5) is 14.3. The van der Waals surface area contributed by atoms with Crippen molar-refractivity contribution in [1.82, 2.24) is 4.90 Å². The Morgan fingerprint density at radius 1 is 1.13 bits per heavy atom. The second-order valence-corrected chi connectivity index (χ2v) is 8.67. The number of unbranched alkanes of at least 4 members (excludes halogenated alkanes) is 2. The number of amides is 1. The van der Waals surface area contributed by atoms with Gasteiger partial charge in [-0.3, -0.25) is 4.79 Å². The zero-order chi connectivity index (χ0) is 22.3. The maximum absolute atomic E-state index is 12.5. The first kappa shape index (κ1) is 25.5. The molecule has 176 valence electrons. The van der Waals surface area contributed by atoms with E-state index in [0.29, 0.717) is 32.4 Å². The zero-order valence-electron chi connectivity index (χ0n) is 18.4. The summed E-state index contributed by atoms with van der Waals surface area (Å²) in [5.74, 6) is -0.368. The van der Waals surface area contributed by atoms with Crippen LogP contribution in [0.25, 0.3) is 0 Å². The summed E-state index contributed by atoms with van der Waals surface area (Å²) in [6, 6.07) is -0.171. The Balaban J connectivity index is 1.65. The Hall–Kier alpha value is -0.810. The lowest BCUT2D eigenvalue weighted by molar-refractivity contribution is -0.282. The van der Waals surface area contributed by atoms with E-state index in [0.717, 1.165) is 12.8 Å². The molecule has 2 aliphatic rings. The fourth-order valence-electron chi connectivity index (χ4n) is 4.14. The van der Waals surface area contributed by atoms with Crippen LogP contribution in [0.3, 0.4) is 0 Å². The van der Waals surface area contributed by atoms with E-state index >= 15 is 0 Å². The molecule has 9 heteroatoms. The summed E-state index contributed by atoms with van der Waals surface area (Å²) < 4.78 is 17.0. The first-order chi connectivity index (χ1) is 14.3. The number of carbonyl (C=O) groups excluding carboxylic acids is 1. The maximum Gasteiger partial charge on any atom is 0.222 e. The van der Waals surface area contributed by atoms with E-state index in [2.05, 4.69) is 0 Å². The van der Waals surface area contributed by atoms with Crippen molar-refractivity contribution in [3.05, 3.63) is 0 Å². The van der Waals surface area contributed by atoms with E-state index in [1.54, 1.807) is 11.8 Å². The number of aliphatic hydroxyl groups is 4. The Kier molecular flexibility index (Phi) is 10.4. The molecular weight excluding hydrogens is 394 g/mol. The average molecular weight is 434 g/mol. The smallest absolute Gasteiger partial charge is 0.222 e. The van der Waals surface area contributed by atoms with Crippen molar-refractivity contribution in [2.45, 2.75) is 95.7 Å². The van der Waals surface area contributed by atoms with Crippen LogP contribution in [0.2, 0.25) is 0 Å². The van der Waals surface area contributed by atoms with Gasteiger partial charge in [0.25, 0.3) is 0 Å². The molecular formula is C21H39NO8. The van der Waals surface area contributed by atoms with Gasteiger partial charge >= 0.3 is 0 Å². The third-order valence-corrected chi connectivity index (χ3v) is 5.88. The topological polar surface area (TPSA) is 129 Å². The number of hydrogen-bond donors (Lipinski definition) is 4. The van der Waals surface area contributed by atoms with E-state index in [1.165, 1.54) is 0 Å². The maximum atomic E-state index is 12.5. The van der Waals surface area contributed by atoms with Gasteiger partial charge in [0, 0.05) is 25.5 Å². The van der Waals surface area contributed by atoms with Gasteiger partial charge in [-0.2, -0.15) is 0 Å². The molecule has 0 saturated carbocycles. The quantitative estimate of drug-likeness (QED) is 0.336. The van der Waals surface area contributed by atoms with E-state index < -0.39 is 30.5 Å². The molecule has 0 aromatic heterocycles. The second kappa shape index (κ2) is 12.3. The minimum absolute atomic E-state index is 0.0198. The molecule has 0 aliphatic carbocycles. The lowest BCUT2D eigenvalue weighted by Crippen LogP contribution is -2.55. The van der Waals surface area contributed by atoms with Crippen LogP contribution in [-0.2, 0) is 19.0 Å². The van der Waals surface area contributed by atoms with Crippen molar-refractivity contribution in [1.29, 1.82) is 0 Å². The van der Waals surface area contributed by atoms with Gasteiger partial charge < -0.3 is 39.5 Å². The molecule has 1 amide bonds. The molecule has 0 aromatic rings. The second-order valence-electron chi connectivity index (χ2n) is 8.67. The van der Waals surface area contributed by atoms with E-state index in [1.807, 2.05) is 13.8 Å². The van der Waals surface area contributed by atoms with Crippen molar-refractivity contribution in [2.75, 3.05) is 26.4 Å². The van der Waals surface area contributed by atoms with Gasteiger partial charge in [0.15, 0.2) is 6.29 Å². The normalized spacial score (nSPS) is 34.7. The molecule has 4 N–H and O–H groups in total. The Morgan fingerprint density at radius 2 is 1.87 bits per heavy atom. The van der Waals surface area contributed by atoms with Crippen LogP contribution in [0, 0.1) is 5.92 Å². The highest BCUT2D eigenvalue weighted by atomic mass is 16.7. The van der Waals surface area contributed by atoms with Gasteiger partial charge in [0.2, 0.25) is 5.91 Å². The van der Waals surface area contributed by atoms with Gasteiger partial charge in [-0.1, -0.05) is 13.3 Å². The molecule has 2 heterocycles. The Morgan fingerprint density at radius 3 is 2.50 bits per heavy atom. The minimum Gasteiger partial charge on any atom is -0.394 e. The number of aliphatic hydroxyl groups excluding tert-OH is 4. The highest BCUT2D eigenvalue weighted by Crippen LogP contribution is 2.27. The van der Waals surface area contributed by atoms with E-state index in [4.69, 9.17) is 14.2 Å². The fourth-order valence-corrected chi connectivity index (χ4v) is 4.14. The highest BCUT2D eigenvalue weighted by Gasteiger charge is 2.42. The molecule has 9 nitrogen and oxygen atoms in total. The predicted octanol–water partition coefficient (Wildman–Crippen LogP) is 0.0253. The molecule has 30 heavy (non-hydrogen) atoms. The minimum atomic E-state index is -1.13. The summed E-state index contributed by atoms with van der Waals surface area (Å²) in [5, 5.41) is 38.7. The predicted molar refractivity (Wildman–Crippen MR) is 109 cm³/mol. The molecule has 0 aromatic carbocycles. The Bertz CT molecular complexity index is 517. The molecule has 2 saturated heterocycles. The molecule has 0 radical (unpaired) electrons. The number of nitrogens with zero attached hydrogens (tertiary/aromatic N) is 1. The lowest BCUT2D eigenvalue weighted by atomic mass is 9.92. The third kappa shape index (κ3) is 6.85. The van der Waals surface area contributed by atoms with Gasteiger partial charge in [-0.15, -0.1) is 0 Å². The fraction of sp³-hybridized carbons (Fsp3) is 0.952. The number of ether oxygens (including phenoxy) is 3. The molecule has 2 rings (SSSR count). The molecule has 0 bridgehead atoms. The lowest BCUT2D eigenvalue weighted by Gasteiger charge is -2.40. The highest BCUT2D eigenvalue weighted by molar-refractivity contribution is 5.76. The summed E-state index contributed by atoms with van der Waals surface area (Å²) in [6.45, 7) is 6.15. The molecule has 7 atom stereocenters. The summed E-state index contributed by atoms with van der Waals surface area (Å²) in [7, 11) is 0. The summed E-state index contributed by atoms with van der Waals surface area (Å²) in [5.41, 5.74) is 0. The monoisotopic (exact) mass is 433 g/mol. The van der Waals surface area contributed by atoms with Gasteiger partial charge in [-0.05, 0) is 33.1 Å². The molecule has 0 spiro atoms. The Labute approximate surface area is 178 Å². The largest absolute Gasteiger partial charge is 0.394 e. The number of rotatable bonds is 11. The van der Waals surface area contributed by atoms with Gasteiger partial charge in [0.1, 0.15) is 12.2 Å². The first-order valence-corrected chi connectivity index (χ1v) is 11.1. The van der Waals surface area contributed by atoms with Crippen LogP contribution in [-0.4, -0.2) is 100 Å². The average Bonchev–Trinajstić information content (AvgIpc) is 3.12. The van der Waals surface area contributed by atoms with Crippen LogP contribution in [0.15, 0.2) is 0 Å². The van der Waals surface area contributed by atoms with Crippen molar-refractivity contribution >= 4 is 5.91 Å². The van der Waals surface area contributed by atoms with Gasteiger partial charge in [-0.25, -0.2) is 0 Å². The SMILES string of the molecule is CC(C)O[C@@H]1C[C@@H](CO)N(C(=O)CCCCCO[C@@H]2OC(CO)C(O)[C@H](O)C2C)C1. The molecule has 3 unspecified atom stereocenters. The van der Waals surface area contributed by atoms with Crippen LogP contribution < -0.4 is 0 Å². The molecule has 2 aliphatic heterocycles. The number of hydrogen-bond acceptors (Lipinski definition) is 8. The van der Waals surface area contributed by atoms with Crippen LogP contribution >= 0.6 is 0 Å². The number of likely N-dealkylation sites (tertiary alicyclic amines) is 1. The van der Waals surface area contributed by atoms with Crippen molar-refractivity contribution in [3.8, 4) is 0 Å². The summed E-state index contributed by atoms with van der Waals surface area (Å²) in [6.07, 6.45) is -0.286. The molecule has 2 fully saturated rings. The van der Waals surface area contributed by atoms with E-state index in [-0.39, 0.29) is 37.4 Å². The van der Waals surface area contributed by atoms with Gasteiger partial charge in [0.05, 0.1) is 37.6 Å². The third-order valence-electron chi connectivity index (χ3n) is 5.88. The van der Waals surface area contributed by atoms with E-state index in [9.17, 15) is 25.2 Å². The summed E-state index contributed by atoms with van der Waals surface area (Å²) >= 11 is 0. The first-order valence-electron chi connectivity index (χ1n) is 11.1.